The van der Waals surface area contributed by atoms with Gasteiger partial charge in [-0.15, -0.1) is 0 Å². The van der Waals surface area contributed by atoms with Crippen molar-refractivity contribution in [2.45, 2.75) is 72.8 Å². The van der Waals surface area contributed by atoms with Gasteiger partial charge in [-0.25, -0.2) is 9.79 Å². The second kappa shape index (κ2) is 12.2. The van der Waals surface area contributed by atoms with Gasteiger partial charge in [-0.1, -0.05) is 33.4 Å². The Morgan fingerprint density at radius 1 is 1.11 bits per heavy atom. The molecule has 0 fully saturated rings. The number of hydrogen-bond acceptors (Lipinski definition) is 7. The van der Waals surface area contributed by atoms with Gasteiger partial charge in [0.25, 0.3) is 0 Å². The molecule has 0 amide bonds. The molecule has 0 saturated heterocycles. The highest BCUT2D eigenvalue weighted by molar-refractivity contribution is 6.27. The fourth-order valence-corrected chi connectivity index (χ4v) is 7.20. The van der Waals surface area contributed by atoms with Crippen molar-refractivity contribution in [2.24, 2.45) is 27.7 Å². The molecule has 0 radical (unpaired) electrons. The number of rotatable bonds is 8. The van der Waals surface area contributed by atoms with Crippen LogP contribution < -0.4 is 16.0 Å². The van der Waals surface area contributed by atoms with Crippen molar-refractivity contribution in [3.63, 3.8) is 0 Å². The van der Waals surface area contributed by atoms with Crippen LogP contribution in [0.4, 0.5) is 0 Å². The second-order valence-corrected chi connectivity index (χ2v) is 12.7. The van der Waals surface area contributed by atoms with Gasteiger partial charge in [0.2, 0.25) is 0 Å². The largest absolute Gasteiger partial charge is 0.481 e. The van der Waals surface area contributed by atoms with Gasteiger partial charge in [0, 0.05) is 51.8 Å². The van der Waals surface area contributed by atoms with Crippen LogP contribution in [0.15, 0.2) is 68.1 Å². The molecule has 10 heteroatoms. The van der Waals surface area contributed by atoms with Gasteiger partial charge in [-0.3, -0.25) is 14.6 Å². The number of nitrogens with one attached hydrogen (secondary N) is 2. The number of carbonyl (C=O) groups is 3. The van der Waals surface area contributed by atoms with Crippen LogP contribution in [0.5, 0.6) is 0 Å². The van der Waals surface area contributed by atoms with E-state index in [9.17, 15) is 24.6 Å². The summed E-state index contributed by atoms with van der Waals surface area (Å²) in [6.07, 6.45) is 8.35. The number of carboxylic acid groups (broad SMARTS) is 2. The van der Waals surface area contributed by atoms with E-state index in [4.69, 9.17) is 14.7 Å². The van der Waals surface area contributed by atoms with Crippen molar-refractivity contribution < 1.29 is 29.3 Å². The van der Waals surface area contributed by atoms with E-state index in [0.29, 0.717) is 22.7 Å². The average Bonchev–Trinajstić information content (AvgIpc) is 3.65. The zero-order valence-corrected chi connectivity index (χ0v) is 27.5. The highest BCUT2D eigenvalue weighted by Crippen LogP contribution is 2.44. The Morgan fingerprint density at radius 2 is 1.83 bits per heavy atom. The molecule has 4 atom stereocenters. The first-order chi connectivity index (χ1) is 21.7. The lowest BCUT2D eigenvalue weighted by atomic mass is 9.79. The molecule has 4 N–H and O–H groups in total. The van der Waals surface area contributed by atoms with E-state index in [-0.39, 0.29) is 41.5 Å². The lowest BCUT2D eigenvalue weighted by molar-refractivity contribution is -0.138. The van der Waals surface area contributed by atoms with Gasteiger partial charge in [-0.2, -0.15) is 0 Å². The molecule has 4 aliphatic rings. The van der Waals surface area contributed by atoms with Crippen molar-refractivity contribution in [1.29, 1.82) is 0 Å². The summed E-state index contributed by atoms with van der Waals surface area (Å²) in [5.74, 6) is -3.35. The zero-order valence-electron chi connectivity index (χ0n) is 27.5. The van der Waals surface area contributed by atoms with Crippen LogP contribution in [0.1, 0.15) is 65.0 Å². The van der Waals surface area contributed by atoms with Gasteiger partial charge in [0.1, 0.15) is 0 Å². The van der Waals surface area contributed by atoms with Crippen LogP contribution in [-0.4, -0.2) is 57.2 Å². The van der Waals surface area contributed by atoms with Crippen molar-refractivity contribution >= 4 is 41.5 Å². The predicted molar refractivity (Wildman–Crippen MR) is 177 cm³/mol. The Labute approximate surface area is 268 Å². The number of nitrogens with zero attached hydrogens (tertiary/aromatic N) is 2. The van der Waals surface area contributed by atoms with Crippen LogP contribution in [0.25, 0.3) is 12.2 Å². The van der Waals surface area contributed by atoms with Gasteiger partial charge in [-0.05, 0) is 74.1 Å². The summed E-state index contributed by atoms with van der Waals surface area (Å²) >= 11 is 0. The monoisotopic (exact) mass is 626 g/mol. The first kappa shape index (κ1) is 32.7. The average molecular weight is 627 g/mol. The minimum absolute atomic E-state index is 0.00484. The van der Waals surface area contributed by atoms with Gasteiger partial charge >= 0.3 is 17.9 Å². The number of aromatic amines is 1. The number of ether oxygens (including phenoxy) is 1. The maximum Gasteiger partial charge on any atom is 0.340 e. The predicted octanol–water partition coefficient (Wildman–Crippen LogP) is 4.03. The summed E-state index contributed by atoms with van der Waals surface area (Å²) < 4.78 is 5.18. The van der Waals surface area contributed by atoms with Gasteiger partial charge < -0.3 is 25.3 Å². The summed E-state index contributed by atoms with van der Waals surface area (Å²) in [7, 11) is 1.28. The Morgan fingerprint density at radius 3 is 2.43 bits per heavy atom. The van der Waals surface area contributed by atoms with E-state index in [0.717, 1.165) is 39.5 Å². The molecule has 0 saturated carbocycles. The van der Waals surface area contributed by atoms with E-state index in [1.165, 1.54) is 7.11 Å². The Balaban J connectivity index is 1.92. The Bertz CT molecular complexity index is 1880. The third kappa shape index (κ3) is 5.50. The van der Waals surface area contributed by atoms with Crippen LogP contribution in [0.2, 0.25) is 0 Å². The van der Waals surface area contributed by atoms with Gasteiger partial charge in [0.15, 0.2) is 0 Å². The molecule has 1 aromatic heterocycles. The molecule has 5 heterocycles. The molecule has 242 valence electrons. The molecular formula is C36H42N4O6. The van der Waals surface area contributed by atoms with Crippen LogP contribution in [0.3, 0.4) is 0 Å². The molecule has 46 heavy (non-hydrogen) atoms. The number of methoxy groups -OCH3 is 1. The topological polar surface area (TPSA) is 153 Å². The van der Waals surface area contributed by atoms with E-state index >= 15 is 0 Å². The summed E-state index contributed by atoms with van der Waals surface area (Å²) in [4.78, 5) is 51.0. The lowest BCUT2D eigenvalue weighted by Gasteiger charge is -2.29. The number of aliphatic carboxylic acids is 2. The fourth-order valence-electron chi connectivity index (χ4n) is 7.20. The quantitative estimate of drug-likeness (QED) is 0.318. The summed E-state index contributed by atoms with van der Waals surface area (Å²) in [6.45, 7) is 16.2. The first-order valence-corrected chi connectivity index (χ1v) is 15.7. The van der Waals surface area contributed by atoms with E-state index in [1.807, 2.05) is 19.1 Å². The highest BCUT2D eigenvalue weighted by atomic mass is 16.5. The second-order valence-electron chi connectivity index (χ2n) is 12.7. The molecule has 4 aliphatic heterocycles. The number of esters is 1. The third-order valence-electron chi connectivity index (χ3n) is 10.0. The molecule has 0 aromatic carbocycles. The van der Waals surface area contributed by atoms with Crippen LogP contribution in [-0.2, 0) is 25.5 Å². The molecule has 2 unspecified atom stereocenters. The van der Waals surface area contributed by atoms with Crippen molar-refractivity contribution in [2.75, 3.05) is 7.11 Å². The van der Waals surface area contributed by atoms with E-state index in [2.05, 4.69) is 56.7 Å². The maximum atomic E-state index is 13.3. The number of aliphatic imine (C=N–C) groups is 2. The molecule has 8 bridgehead atoms. The Hall–Kier alpha value is -4.73. The van der Waals surface area contributed by atoms with Crippen LogP contribution >= 0.6 is 0 Å². The summed E-state index contributed by atoms with van der Waals surface area (Å²) in [5.41, 5.74) is 6.45. The minimum Gasteiger partial charge on any atom is -0.481 e. The third-order valence-corrected chi connectivity index (χ3v) is 10.0. The number of H-pyrrole nitrogens is 1. The number of allylic oxidation sites excluding steroid dienone is 4. The van der Waals surface area contributed by atoms with Crippen molar-refractivity contribution in [1.82, 2.24) is 10.3 Å². The SMILES string of the molecule is C=CC1=C2/C=c3\[nH]/c(c(CC)c3C)=C\C3=NC(=C(/CC(=O)O)C4=N/C(=C\C(C)(N2)C1C)[C@@H](C)[C@@H]4CCC(=O)O)/C(C(=O)OC)=C3C. The first-order valence-electron chi connectivity index (χ1n) is 15.7. The van der Waals surface area contributed by atoms with E-state index < -0.39 is 35.8 Å². The van der Waals surface area contributed by atoms with Crippen molar-refractivity contribution in [3.05, 3.63) is 79.9 Å². The van der Waals surface area contributed by atoms with Crippen molar-refractivity contribution in [3.8, 4) is 0 Å². The molecule has 0 aliphatic carbocycles. The zero-order chi connectivity index (χ0) is 33.7. The Kier molecular flexibility index (Phi) is 8.68. The summed E-state index contributed by atoms with van der Waals surface area (Å²) in [6, 6.07) is 0. The molecule has 5 rings (SSSR count). The highest BCUT2D eigenvalue weighted by Gasteiger charge is 2.43. The maximum absolute atomic E-state index is 13.3. The molecule has 10 nitrogen and oxygen atoms in total. The lowest BCUT2D eigenvalue weighted by Crippen LogP contribution is -2.40. The standard InChI is InChI=1S/C36H42N4O6/c1-9-21-17(3)25-15-28-22(10-2)20(6)36(7,40-28)16-29-18(4)23(11-12-30(41)42)33(39-29)24(13-31(43)44)34-32(35(45)46-8)19(5)26(38-34)14-27(21)37-25/h10,14-16,18,20,23,37,40H,2,9,11-13H2,1,3-8H3,(H,41,42)(H,43,44)/b25-15-,27-14-,29-16-,34-24-/t18-,20?,23-,36?/m0/s1. The molecule has 1 aromatic rings. The van der Waals surface area contributed by atoms with E-state index in [1.54, 1.807) is 6.92 Å². The number of carboxylic acids is 2. The van der Waals surface area contributed by atoms with Gasteiger partial charge in [0.05, 0.1) is 41.8 Å². The smallest absolute Gasteiger partial charge is 0.340 e. The number of aromatic nitrogens is 1. The molecular weight excluding hydrogens is 584 g/mol. The number of fused-ring (bicyclic) bond motifs is 6. The minimum atomic E-state index is -1.12. The fraction of sp³-hybridized carbons (Fsp3) is 0.417. The molecule has 0 spiro atoms. The normalized spacial score (nSPS) is 29.5. The summed E-state index contributed by atoms with van der Waals surface area (Å²) in [5, 5.41) is 25.3. The number of carbonyl (C=O) groups excluding carboxylic acids is 1. The number of hydrogen-bond donors (Lipinski definition) is 4. The van der Waals surface area contributed by atoms with Crippen LogP contribution in [0, 0.1) is 24.7 Å².